The van der Waals surface area contributed by atoms with Gasteiger partial charge in [0.15, 0.2) is 16.4 Å². The van der Waals surface area contributed by atoms with Crippen LogP contribution in [0.3, 0.4) is 0 Å². The van der Waals surface area contributed by atoms with Crippen molar-refractivity contribution in [2.45, 2.75) is 24.2 Å². The first-order valence-corrected chi connectivity index (χ1v) is 5.71. The van der Waals surface area contributed by atoms with Gasteiger partial charge in [0.1, 0.15) is 10.7 Å². The third-order valence-electron chi connectivity index (χ3n) is 2.17. The normalized spacial score (nSPS) is 15.1. The topological polar surface area (TPSA) is 39.4 Å². The molecule has 3 nitrogen and oxygen atoms in total. The number of hydrogen-bond acceptors (Lipinski definition) is 4. The number of rotatable bonds is 0. The predicted octanol–water partition coefficient (Wildman–Crippen LogP) is 3.77. The van der Waals surface area contributed by atoms with Gasteiger partial charge in [0.2, 0.25) is 0 Å². The number of alkyl halides is 6. The Morgan fingerprint density at radius 1 is 1.15 bits per heavy atom. The predicted molar refractivity (Wildman–Crippen MR) is 55.3 cm³/mol. The molecular formula is C10H4F6O3S. The zero-order chi connectivity index (χ0) is 15.3. The van der Waals surface area contributed by atoms with Gasteiger partial charge in [-0.3, -0.25) is 0 Å². The number of allylic oxidation sites excluding steroid dienone is 1. The molecule has 110 valence electrons. The molecule has 0 atom stereocenters. The van der Waals surface area contributed by atoms with E-state index >= 15 is 0 Å². The molecule has 0 bridgehead atoms. The molecule has 0 saturated carbocycles. The van der Waals surface area contributed by atoms with Gasteiger partial charge in [0, 0.05) is 6.07 Å². The van der Waals surface area contributed by atoms with Crippen molar-refractivity contribution in [3.63, 3.8) is 0 Å². The van der Waals surface area contributed by atoms with E-state index < -0.39 is 33.5 Å². The Bertz CT molecular complexity index is 624. The van der Waals surface area contributed by atoms with Crippen molar-refractivity contribution in [2.75, 3.05) is 0 Å². The maximum atomic E-state index is 12.5. The summed E-state index contributed by atoms with van der Waals surface area (Å²) in [5.74, 6) is -0.374. The second-order valence-electron chi connectivity index (χ2n) is 3.70. The molecule has 0 saturated heterocycles. The van der Waals surface area contributed by atoms with Crippen LogP contribution in [-0.4, -0.2) is 12.4 Å². The SMILES string of the molecule is Cc1cc2c(c(=O)o1)SC(=C(C(F)(F)F)C(F)(F)F)O2. The molecule has 0 aliphatic carbocycles. The van der Waals surface area contributed by atoms with Crippen LogP contribution in [0.15, 0.2) is 30.8 Å². The highest BCUT2D eigenvalue weighted by Crippen LogP contribution is 2.49. The van der Waals surface area contributed by atoms with E-state index in [-0.39, 0.29) is 23.3 Å². The van der Waals surface area contributed by atoms with E-state index in [4.69, 9.17) is 0 Å². The standard InChI is InChI=1S/C10H4F6O3S/c1-3-2-4-5(7(17)18-3)20-8(19-4)6(9(11,12)13)10(14,15)16/h2H,1H3. The lowest BCUT2D eigenvalue weighted by molar-refractivity contribution is -0.174. The summed E-state index contributed by atoms with van der Waals surface area (Å²) in [6.07, 6.45) is -11.3. The second kappa shape index (κ2) is 4.47. The molecule has 0 radical (unpaired) electrons. The highest BCUT2D eigenvalue weighted by atomic mass is 32.2. The van der Waals surface area contributed by atoms with Gasteiger partial charge in [0.05, 0.1) is 0 Å². The van der Waals surface area contributed by atoms with Crippen molar-refractivity contribution >= 4 is 11.8 Å². The van der Waals surface area contributed by atoms with E-state index in [1.807, 2.05) is 0 Å². The van der Waals surface area contributed by atoms with Gasteiger partial charge in [0.25, 0.3) is 0 Å². The molecule has 0 aromatic carbocycles. The summed E-state index contributed by atoms with van der Waals surface area (Å²) in [5.41, 5.74) is -3.84. The minimum Gasteiger partial charge on any atom is -0.448 e. The Morgan fingerprint density at radius 2 is 1.70 bits per heavy atom. The van der Waals surface area contributed by atoms with Gasteiger partial charge in [-0.05, 0) is 18.7 Å². The van der Waals surface area contributed by atoms with E-state index in [9.17, 15) is 31.1 Å². The van der Waals surface area contributed by atoms with Crippen LogP contribution in [0, 0.1) is 6.92 Å². The summed E-state index contributed by atoms with van der Waals surface area (Å²) >= 11 is -0.0555. The third kappa shape index (κ3) is 2.65. The first kappa shape index (κ1) is 14.8. The van der Waals surface area contributed by atoms with E-state index in [0.717, 1.165) is 6.07 Å². The maximum Gasteiger partial charge on any atom is 0.425 e. The minimum absolute atomic E-state index is 0.0103. The molecule has 10 heteroatoms. The van der Waals surface area contributed by atoms with Gasteiger partial charge in [-0.2, -0.15) is 26.3 Å². The lowest BCUT2D eigenvalue weighted by Gasteiger charge is -2.16. The number of aryl methyl sites for hydroxylation is 1. The average Bonchev–Trinajstić information content (AvgIpc) is 2.55. The van der Waals surface area contributed by atoms with Crippen LogP contribution >= 0.6 is 11.8 Å². The monoisotopic (exact) mass is 318 g/mol. The van der Waals surface area contributed by atoms with E-state index in [2.05, 4.69) is 9.15 Å². The molecule has 1 aliphatic heterocycles. The van der Waals surface area contributed by atoms with Crippen LogP contribution in [-0.2, 0) is 0 Å². The van der Waals surface area contributed by atoms with Crippen molar-refractivity contribution in [3.8, 4) is 5.75 Å². The summed E-state index contributed by atoms with van der Waals surface area (Å²) in [5, 5.41) is -1.43. The average molecular weight is 318 g/mol. The van der Waals surface area contributed by atoms with E-state index in [0.29, 0.717) is 0 Å². The van der Waals surface area contributed by atoms with Gasteiger partial charge >= 0.3 is 18.0 Å². The molecule has 2 heterocycles. The third-order valence-corrected chi connectivity index (χ3v) is 3.21. The van der Waals surface area contributed by atoms with E-state index in [1.54, 1.807) is 0 Å². The highest BCUT2D eigenvalue weighted by Gasteiger charge is 2.55. The zero-order valence-corrected chi connectivity index (χ0v) is 10.3. The fourth-order valence-corrected chi connectivity index (χ4v) is 2.42. The number of hydrogen-bond donors (Lipinski definition) is 0. The van der Waals surface area contributed by atoms with Gasteiger partial charge < -0.3 is 9.15 Å². The van der Waals surface area contributed by atoms with Gasteiger partial charge in [-0.1, -0.05) is 0 Å². The van der Waals surface area contributed by atoms with Crippen LogP contribution in [0.4, 0.5) is 26.3 Å². The van der Waals surface area contributed by atoms with Crippen LogP contribution in [0.1, 0.15) is 5.76 Å². The van der Waals surface area contributed by atoms with Crippen LogP contribution in [0.5, 0.6) is 5.75 Å². The lowest BCUT2D eigenvalue weighted by atomic mass is 10.3. The van der Waals surface area contributed by atoms with Crippen LogP contribution in [0.2, 0.25) is 0 Å². The largest absolute Gasteiger partial charge is 0.448 e. The smallest absolute Gasteiger partial charge is 0.425 e. The highest BCUT2D eigenvalue weighted by molar-refractivity contribution is 8.03. The minimum atomic E-state index is -5.65. The molecule has 1 aliphatic rings. The van der Waals surface area contributed by atoms with Gasteiger partial charge in [-0.25, -0.2) is 4.79 Å². The summed E-state index contributed by atoms with van der Waals surface area (Å²) in [6.45, 7) is 1.31. The molecule has 1 aromatic rings. The summed E-state index contributed by atoms with van der Waals surface area (Å²) in [6, 6.07) is 1.04. The van der Waals surface area contributed by atoms with E-state index in [1.165, 1.54) is 6.92 Å². The Balaban J connectivity index is 2.59. The first-order valence-electron chi connectivity index (χ1n) is 4.89. The fourth-order valence-electron chi connectivity index (χ4n) is 1.45. The second-order valence-corrected chi connectivity index (χ2v) is 4.68. The van der Waals surface area contributed by atoms with Gasteiger partial charge in [-0.15, -0.1) is 0 Å². The number of fused-ring (bicyclic) bond motifs is 1. The molecule has 0 unspecified atom stereocenters. The maximum absolute atomic E-state index is 12.5. The molecule has 0 fully saturated rings. The molecule has 0 spiro atoms. The van der Waals surface area contributed by atoms with Crippen molar-refractivity contribution in [2.24, 2.45) is 0 Å². The number of ether oxygens (including phenoxy) is 1. The number of halogens is 6. The zero-order valence-electron chi connectivity index (χ0n) is 9.48. The lowest BCUT2D eigenvalue weighted by Crippen LogP contribution is -2.28. The molecule has 0 N–H and O–H groups in total. The summed E-state index contributed by atoms with van der Waals surface area (Å²) in [4.78, 5) is 10.9. The molecular weight excluding hydrogens is 314 g/mol. The van der Waals surface area contributed by atoms with Crippen molar-refractivity contribution in [3.05, 3.63) is 32.9 Å². The first-order chi connectivity index (χ1) is 9.00. The van der Waals surface area contributed by atoms with Crippen molar-refractivity contribution in [1.82, 2.24) is 0 Å². The Kier molecular flexibility index (Phi) is 3.31. The summed E-state index contributed by atoms with van der Waals surface area (Å²) in [7, 11) is 0. The molecule has 1 aromatic heterocycles. The molecule has 2 rings (SSSR count). The summed E-state index contributed by atoms with van der Waals surface area (Å²) < 4.78 is 84.1. The Hall–Kier alpha value is -1.58. The fraction of sp³-hybridized carbons (Fsp3) is 0.300. The Labute approximate surface area is 111 Å². The molecule has 20 heavy (non-hydrogen) atoms. The van der Waals surface area contributed by atoms with Crippen molar-refractivity contribution in [1.29, 1.82) is 0 Å². The van der Waals surface area contributed by atoms with Crippen LogP contribution in [0.25, 0.3) is 0 Å². The quantitative estimate of drug-likeness (QED) is 0.683. The Morgan fingerprint density at radius 3 is 2.20 bits per heavy atom. The molecule has 0 amide bonds. The number of thioether (sulfide) groups is 1. The van der Waals surface area contributed by atoms with Crippen LogP contribution < -0.4 is 10.4 Å². The van der Waals surface area contributed by atoms with Crippen molar-refractivity contribution < 1.29 is 35.5 Å².